The number of rotatable bonds is 2. The van der Waals surface area contributed by atoms with E-state index in [2.05, 4.69) is 15.3 Å². The number of amides is 1. The number of hydrogen-bond acceptors (Lipinski definition) is 3. The summed E-state index contributed by atoms with van der Waals surface area (Å²) >= 11 is 0. The van der Waals surface area contributed by atoms with Gasteiger partial charge in [-0.2, -0.15) is 0 Å². The summed E-state index contributed by atoms with van der Waals surface area (Å²) < 4.78 is 0. The molecule has 1 heterocycles. The third-order valence-electron chi connectivity index (χ3n) is 2.89. The van der Waals surface area contributed by atoms with Gasteiger partial charge in [0.1, 0.15) is 12.0 Å². The van der Waals surface area contributed by atoms with Crippen molar-refractivity contribution in [3.05, 3.63) is 53.1 Å². The minimum atomic E-state index is -0.214. The summed E-state index contributed by atoms with van der Waals surface area (Å²) in [6, 6.07) is 7.48. The molecule has 0 atom stereocenters. The van der Waals surface area contributed by atoms with Crippen molar-refractivity contribution in [1.82, 2.24) is 9.97 Å². The maximum absolute atomic E-state index is 12.0. The van der Waals surface area contributed by atoms with Crippen LogP contribution >= 0.6 is 0 Å². The fourth-order valence-corrected chi connectivity index (χ4v) is 1.65. The number of hydrogen-bond donors (Lipinski definition) is 1. The monoisotopic (exact) mass is 241 g/mol. The minimum Gasteiger partial charge on any atom is -0.320 e. The number of aryl methyl sites for hydroxylation is 2. The first-order valence-electron chi connectivity index (χ1n) is 5.74. The van der Waals surface area contributed by atoms with Crippen molar-refractivity contribution in [1.29, 1.82) is 0 Å². The molecular weight excluding hydrogens is 226 g/mol. The third kappa shape index (κ3) is 2.53. The number of aromatic nitrogens is 2. The van der Waals surface area contributed by atoms with Crippen LogP contribution in [0.2, 0.25) is 0 Å². The lowest BCUT2D eigenvalue weighted by Crippen LogP contribution is -2.15. The van der Waals surface area contributed by atoms with Gasteiger partial charge in [0, 0.05) is 11.4 Å². The zero-order valence-corrected chi connectivity index (χ0v) is 10.7. The summed E-state index contributed by atoms with van der Waals surface area (Å²) in [6.07, 6.45) is 1.40. The van der Waals surface area contributed by atoms with Crippen LogP contribution in [0.15, 0.2) is 30.6 Å². The molecular formula is C14H15N3O. The molecule has 0 radical (unpaired) electrons. The SMILES string of the molecule is Cc1cc(C(=O)Nc2cccc(C)c2C)ncn1. The van der Waals surface area contributed by atoms with Gasteiger partial charge in [-0.15, -0.1) is 0 Å². The van der Waals surface area contributed by atoms with E-state index in [-0.39, 0.29) is 5.91 Å². The van der Waals surface area contributed by atoms with Gasteiger partial charge in [-0.25, -0.2) is 9.97 Å². The fourth-order valence-electron chi connectivity index (χ4n) is 1.65. The second kappa shape index (κ2) is 4.96. The van der Waals surface area contributed by atoms with Crippen molar-refractivity contribution < 1.29 is 4.79 Å². The standard InChI is InChI=1S/C14H15N3O/c1-9-5-4-6-12(11(9)3)17-14(18)13-7-10(2)15-8-16-13/h4-8H,1-3H3,(H,17,18). The van der Waals surface area contributed by atoms with E-state index in [1.165, 1.54) is 6.33 Å². The summed E-state index contributed by atoms with van der Waals surface area (Å²) in [5.74, 6) is -0.214. The molecule has 4 nitrogen and oxygen atoms in total. The van der Waals surface area contributed by atoms with Crippen LogP contribution < -0.4 is 5.32 Å². The maximum Gasteiger partial charge on any atom is 0.274 e. The predicted molar refractivity (Wildman–Crippen MR) is 70.6 cm³/mol. The molecule has 2 rings (SSSR count). The summed E-state index contributed by atoms with van der Waals surface area (Å²) in [4.78, 5) is 20.0. The summed E-state index contributed by atoms with van der Waals surface area (Å²) in [5.41, 5.74) is 4.18. The number of benzene rings is 1. The van der Waals surface area contributed by atoms with Crippen molar-refractivity contribution in [2.75, 3.05) is 5.32 Å². The molecule has 92 valence electrons. The largest absolute Gasteiger partial charge is 0.320 e. The second-order valence-corrected chi connectivity index (χ2v) is 4.25. The van der Waals surface area contributed by atoms with Crippen LogP contribution in [0, 0.1) is 20.8 Å². The van der Waals surface area contributed by atoms with E-state index in [9.17, 15) is 4.79 Å². The Hall–Kier alpha value is -2.23. The first-order valence-corrected chi connectivity index (χ1v) is 5.74. The van der Waals surface area contributed by atoms with Crippen LogP contribution in [-0.4, -0.2) is 15.9 Å². The zero-order valence-electron chi connectivity index (χ0n) is 10.7. The molecule has 0 saturated carbocycles. The number of nitrogens with one attached hydrogen (secondary N) is 1. The van der Waals surface area contributed by atoms with Crippen LogP contribution in [-0.2, 0) is 0 Å². The van der Waals surface area contributed by atoms with Gasteiger partial charge in [0.15, 0.2) is 0 Å². The van der Waals surface area contributed by atoms with Crippen molar-refractivity contribution in [2.45, 2.75) is 20.8 Å². The molecule has 1 N–H and O–H groups in total. The summed E-state index contributed by atoms with van der Waals surface area (Å²) in [6.45, 7) is 5.83. The molecule has 2 aromatic rings. The summed E-state index contributed by atoms with van der Waals surface area (Å²) in [5, 5.41) is 2.87. The number of carbonyl (C=O) groups excluding carboxylic acids is 1. The topological polar surface area (TPSA) is 54.9 Å². The van der Waals surface area contributed by atoms with Crippen molar-refractivity contribution in [3.8, 4) is 0 Å². The van der Waals surface area contributed by atoms with Crippen LogP contribution in [0.25, 0.3) is 0 Å². The first-order chi connectivity index (χ1) is 8.58. The molecule has 0 aliphatic heterocycles. The Bertz CT molecular complexity index is 593. The summed E-state index contributed by atoms with van der Waals surface area (Å²) in [7, 11) is 0. The highest BCUT2D eigenvalue weighted by atomic mass is 16.1. The molecule has 1 aromatic carbocycles. The van der Waals surface area contributed by atoms with E-state index in [1.807, 2.05) is 39.0 Å². The Kier molecular flexibility index (Phi) is 3.37. The highest BCUT2D eigenvalue weighted by molar-refractivity contribution is 6.03. The Labute approximate surface area is 106 Å². The van der Waals surface area contributed by atoms with Gasteiger partial charge in [-0.1, -0.05) is 12.1 Å². The highest BCUT2D eigenvalue weighted by Gasteiger charge is 2.09. The van der Waals surface area contributed by atoms with Crippen molar-refractivity contribution in [3.63, 3.8) is 0 Å². The molecule has 0 unspecified atom stereocenters. The Balaban J connectivity index is 2.24. The highest BCUT2D eigenvalue weighted by Crippen LogP contribution is 2.18. The number of nitrogens with zero attached hydrogens (tertiary/aromatic N) is 2. The number of carbonyl (C=O) groups is 1. The van der Waals surface area contributed by atoms with Crippen molar-refractivity contribution in [2.24, 2.45) is 0 Å². The predicted octanol–water partition coefficient (Wildman–Crippen LogP) is 2.65. The Morgan fingerprint density at radius 1 is 1.17 bits per heavy atom. The van der Waals surface area contributed by atoms with Gasteiger partial charge in [-0.3, -0.25) is 4.79 Å². The molecule has 1 amide bonds. The van der Waals surface area contributed by atoms with Gasteiger partial charge < -0.3 is 5.32 Å². The lowest BCUT2D eigenvalue weighted by atomic mass is 10.1. The van der Waals surface area contributed by atoms with Crippen molar-refractivity contribution >= 4 is 11.6 Å². The van der Waals surface area contributed by atoms with Crippen LogP contribution in [0.1, 0.15) is 27.3 Å². The van der Waals surface area contributed by atoms with Gasteiger partial charge in [0.2, 0.25) is 0 Å². The van der Waals surface area contributed by atoms with E-state index in [4.69, 9.17) is 0 Å². The number of anilines is 1. The molecule has 0 saturated heterocycles. The Morgan fingerprint density at radius 2 is 1.94 bits per heavy atom. The molecule has 0 aliphatic rings. The lowest BCUT2D eigenvalue weighted by molar-refractivity contribution is 0.102. The van der Waals surface area contributed by atoms with Gasteiger partial charge >= 0.3 is 0 Å². The Morgan fingerprint density at radius 3 is 2.67 bits per heavy atom. The van der Waals surface area contributed by atoms with Gasteiger partial charge in [0.05, 0.1) is 0 Å². The third-order valence-corrected chi connectivity index (χ3v) is 2.89. The smallest absolute Gasteiger partial charge is 0.274 e. The average Bonchev–Trinajstić information content (AvgIpc) is 2.35. The zero-order chi connectivity index (χ0) is 13.1. The minimum absolute atomic E-state index is 0.214. The molecule has 18 heavy (non-hydrogen) atoms. The average molecular weight is 241 g/mol. The van der Waals surface area contributed by atoms with Crippen LogP contribution in [0.5, 0.6) is 0 Å². The lowest BCUT2D eigenvalue weighted by Gasteiger charge is -2.09. The van der Waals surface area contributed by atoms with Gasteiger partial charge in [0.25, 0.3) is 5.91 Å². The molecule has 0 aliphatic carbocycles. The van der Waals surface area contributed by atoms with E-state index in [0.717, 1.165) is 22.5 Å². The van der Waals surface area contributed by atoms with E-state index in [0.29, 0.717) is 5.69 Å². The molecule has 0 spiro atoms. The normalized spacial score (nSPS) is 10.2. The fraction of sp³-hybridized carbons (Fsp3) is 0.214. The molecule has 0 fully saturated rings. The van der Waals surface area contributed by atoms with Crippen LogP contribution in [0.4, 0.5) is 5.69 Å². The van der Waals surface area contributed by atoms with E-state index < -0.39 is 0 Å². The van der Waals surface area contributed by atoms with Crippen LogP contribution in [0.3, 0.4) is 0 Å². The quantitative estimate of drug-likeness (QED) is 0.879. The first kappa shape index (κ1) is 12.2. The van der Waals surface area contributed by atoms with E-state index in [1.54, 1.807) is 6.07 Å². The van der Waals surface area contributed by atoms with E-state index >= 15 is 0 Å². The molecule has 1 aromatic heterocycles. The van der Waals surface area contributed by atoms with Gasteiger partial charge in [-0.05, 0) is 44.0 Å². The second-order valence-electron chi connectivity index (χ2n) is 4.25. The maximum atomic E-state index is 12.0. The molecule has 4 heteroatoms. The molecule has 0 bridgehead atoms.